The summed E-state index contributed by atoms with van der Waals surface area (Å²) in [4.78, 5) is 5.96. The molecule has 3 heteroatoms. The van der Waals surface area contributed by atoms with Crippen LogP contribution in [0.25, 0.3) is 0 Å². The van der Waals surface area contributed by atoms with Gasteiger partial charge in [-0.15, -0.1) is 12.4 Å². The molecule has 2 rings (SSSR count). The highest BCUT2D eigenvalue weighted by Gasteiger charge is 2.34. The molecule has 0 aliphatic carbocycles. The second-order valence-corrected chi connectivity index (χ2v) is 5.92. The minimum atomic E-state index is 0. The second-order valence-electron chi connectivity index (χ2n) is 5.92. The Labute approximate surface area is 117 Å². The van der Waals surface area contributed by atoms with E-state index in [2.05, 4.69) is 50.1 Å². The zero-order chi connectivity index (χ0) is 12.3. The van der Waals surface area contributed by atoms with Crippen LogP contribution in [0.2, 0.25) is 0 Å². The molecule has 1 unspecified atom stereocenters. The molecule has 102 valence electrons. The number of hydrogen-bond donors (Lipinski definition) is 0. The normalized spacial score (nSPS) is 20.7. The summed E-state index contributed by atoms with van der Waals surface area (Å²) in [6.45, 7) is 8.63. The molecule has 1 heterocycles. The second kappa shape index (κ2) is 6.55. The summed E-state index contributed by atoms with van der Waals surface area (Å²) in [5.41, 5.74) is 1.54. The number of nitrogens with zero attached hydrogens (tertiary/aromatic N) is 1. The third kappa shape index (κ3) is 3.98. The lowest BCUT2D eigenvalue weighted by molar-refractivity contribution is -0.196. The zero-order valence-corrected chi connectivity index (χ0v) is 12.4. The Balaban J connectivity index is 0.00000162. The number of hydrogen-bond acceptors (Lipinski definition) is 2. The number of rotatable bonds is 3. The number of benzene rings is 1. The maximum atomic E-state index is 5.96. The van der Waals surface area contributed by atoms with Gasteiger partial charge in [0.05, 0.1) is 6.61 Å². The van der Waals surface area contributed by atoms with Crippen LogP contribution >= 0.6 is 12.4 Å². The molecule has 1 saturated heterocycles. The van der Waals surface area contributed by atoms with Crippen molar-refractivity contribution in [1.82, 2.24) is 5.06 Å². The summed E-state index contributed by atoms with van der Waals surface area (Å²) in [5.74, 6) is 0. The van der Waals surface area contributed by atoms with Crippen molar-refractivity contribution < 1.29 is 4.84 Å². The number of halogens is 1. The van der Waals surface area contributed by atoms with Gasteiger partial charge in [0.1, 0.15) is 0 Å². The van der Waals surface area contributed by atoms with Crippen LogP contribution < -0.4 is 0 Å². The van der Waals surface area contributed by atoms with Crippen molar-refractivity contribution in [2.45, 2.75) is 46.3 Å². The fourth-order valence-electron chi connectivity index (χ4n) is 2.49. The third-order valence-electron chi connectivity index (χ3n) is 3.44. The average Bonchev–Trinajstić information content (AvgIpc) is 2.75. The summed E-state index contributed by atoms with van der Waals surface area (Å²) >= 11 is 0. The van der Waals surface area contributed by atoms with Gasteiger partial charge in [0.25, 0.3) is 0 Å². The fraction of sp³-hybridized carbons (Fsp3) is 0.600. The molecule has 0 radical (unpaired) electrons. The molecule has 1 atom stereocenters. The van der Waals surface area contributed by atoms with E-state index in [0.717, 1.165) is 6.54 Å². The van der Waals surface area contributed by atoms with Gasteiger partial charge in [0, 0.05) is 12.6 Å². The van der Waals surface area contributed by atoms with Crippen LogP contribution in [0.1, 0.15) is 39.2 Å². The van der Waals surface area contributed by atoms with E-state index in [0.29, 0.717) is 18.1 Å². The van der Waals surface area contributed by atoms with E-state index in [1.54, 1.807) is 0 Å². The van der Waals surface area contributed by atoms with E-state index in [9.17, 15) is 0 Å². The Bertz CT molecular complexity index is 347. The highest BCUT2D eigenvalue weighted by Crippen LogP contribution is 2.32. The molecule has 0 N–H and O–H groups in total. The van der Waals surface area contributed by atoms with Crippen LogP contribution in [-0.2, 0) is 11.4 Å². The lowest BCUT2D eigenvalue weighted by Gasteiger charge is -2.34. The van der Waals surface area contributed by atoms with Crippen molar-refractivity contribution in [3.05, 3.63) is 35.9 Å². The molecule has 0 aromatic heterocycles. The standard InChI is InChI=1S/C15H23NO.ClH/c1-15(2,3)14-10-7-11-16(14)17-12-13-8-5-4-6-9-13;/h4-6,8-9,14H,7,10-12H2,1-3H3;1H. The van der Waals surface area contributed by atoms with Crippen molar-refractivity contribution in [3.63, 3.8) is 0 Å². The van der Waals surface area contributed by atoms with E-state index in [1.807, 2.05) is 6.07 Å². The summed E-state index contributed by atoms with van der Waals surface area (Å²) < 4.78 is 0. The molecule has 0 amide bonds. The summed E-state index contributed by atoms with van der Waals surface area (Å²) in [6.07, 6.45) is 2.50. The van der Waals surface area contributed by atoms with Gasteiger partial charge < -0.3 is 0 Å². The minimum absolute atomic E-state index is 0. The highest BCUT2D eigenvalue weighted by atomic mass is 35.5. The van der Waals surface area contributed by atoms with Gasteiger partial charge in [-0.25, -0.2) is 0 Å². The number of hydroxylamine groups is 2. The monoisotopic (exact) mass is 269 g/mol. The SMILES string of the molecule is CC(C)(C)C1CCCN1OCc1ccccc1.Cl. The maximum absolute atomic E-state index is 5.96. The predicted octanol–water partition coefficient (Wildman–Crippen LogP) is 4.05. The lowest BCUT2D eigenvalue weighted by atomic mass is 9.86. The van der Waals surface area contributed by atoms with Crippen molar-refractivity contribution in [2.24, 2.45) is 5.41 Å². The molecule has 1 aromatic rings. The van der Waals surface area contributed by atoms with E-state index >= 15 is 0 Å². The van der Waals surface area contributed by atoms with E-state index in [4.69, 9.17) is 4.84 Å². The van der Waals surface area contributed by atoms with Crippen molar-refractivity contribution in [1.29, 1.82) is 0 Å². The lowest BCUT2D eigenvalue weighted by Crippen LogP contribution is -2.39. The molecule has 0 spiro atoms. The first-order valence-corrected chi connectivity index (χ1v) is 6.51. The third-order valence-corrected chi connectivity index (χ3v) is 3.44. The smallest absolute Gasteiger partial charge is 0.0936 e. The van der Waals surface area contributed by atoms with Crippen molar-refractivity contribution >= 4 is 12.4 Å². The quantitative estimate of drug-likeness (QED) is 0.821. The van der Waals surface area contributed by atoms with Gasteiger partial charge in [0.2, 0.25) is 0 Å². The zero-order valence-electron chi connectivity index (χ0n) is 11.6. The minimum Gasteiger partial charge on any atom is -0.294 e. The molecular formula is C15H24ClNO. The van der Waals surface area contributed by atoms with E-state index in [1.165, 1.54) is 18.4 Å². The Hall–Kier alpha value is -0.570. The molecular weight excluding hydrogens is 246 g/mol. The Morgan fingerprint density at radius 2 is 1.89 bits per heavy atom. The van der Waals surface area contributed by atoms with Crippen molar-refractivity contribution in [2.75, 3.05) is 6.54 Å². The molecule has 1 fully saturated rings. The first kappa shape index (κ1) is 15.5. The van der Waals surface area contributed by atoms with Crippen LogP contribution in [-0.4, -0.2) is 17.6 Å². The fourth-order valence-corrected chi connectivity index (χ4v) is 2.49. The molecule has 2 nitrogen and oxygen atoms in total. The first-order valence-electron chi connectivity index (χ1n) is 6.51. The van der Waals surface area contributed by atoms with Crippen LogP contribution in [0.15, 0.2) is 30.3 Å². The van der Waals surface area contributed by atoms with E-state index in [-0.39, 0.29) is 12.4 Å². The molecule has 1 aliphatic rings. The van der Waals surface area contributed by atoms with E-state index < -0.39 is 0 Å². The van der Waals surface area contributed by atoms with Gasteiger partial charge in [-0.1, -0.05) is 51.1 Å². The average molecular weight is 270 g/mol. The van der Waals surface area contributed by atoms with Gasteiger partial charge in [-0.3, -0.25) is 4.84 Å². The largest absolute Gasteiger partial charge is 0.294 e. The first-order chi connectivity index (χ1) is 8.07. The van der Waals surface area contributed by atoms with Gasteiger partial charge >= 0.3 is 0 Å². The van der Waals surface area contributed by atoms with Gasteiger partial charge in [-0.05, 0) is 23.8 Å². The van der Waals surface area contributed by atoms with Crippen molar-refractivity contribution in [3.8, 4) is 0 Å². The summed E-state index contributed by atoms with van der Waals surface area (Å²) in [6, 6.07) is 10.9. The van der Waals surface area contributed by atoms with Crippen LogP contribution in [0.3, 0.4) is 0 Å². The molecule has 1 aliphatic heterocycles. The Kier molecular flexibility index (Phi) is 5.64. The molecule has 0 bridgehead atoms. The molecule has 0 saturated carbocycles. The predicted molar refractivity (Wildman–Crippen MR) is 77.7 cm³/mol. The summed E-state index contributed by atoms with van der Waals surface area (Å²) in [7, 11) is 0. The Morgan fingerprint density at radius 1 is 1.22 bits per heavy atom. The highest BCUT2D eigenvalue weighted by molar-refractivity contribution is 5.85. The van der Waals surface area contributed by atoms with Crippen LogP contribution in [0.4, 0.5) is 0 Å². The van der Waals surface area contributed by atoms with Crippen LogP contribution in [0.5, 0.6) is 0 Å². The Morgan fingerprint density at radius 3 is 2.50 bits per heavy atom. The van der Waals surface area contributed by atoms with Gasteiger partial charge in [0.15, 0.2) is 0 Å². The maximum Gasteiger partial charge on any atom is 0.0936 e. The molecule has 18 heavy (non-hydrogen) atoms. The topological polar surface area (TPSA) is 12.5 Å². The molecule has 1 aromatic carbocycles. The summed E-state index contributed by atoms with van der Waals surface area (Å²) in [5, 5.41) is 2.19. The van der Waals surface area contributed by atoms with Gasteiger partial charge in [-0.2, -0.15) is 5.06 Å². The van der Waals surface area contributed by atoms with Crippen LogP contribution in [0, 0.1) is 5.41 Å².